The Hall–Kier alpha value is -0.0400. The molecule has 1 nitrogen and oxygen atoms in total. The van der Waals surface area contributed by atoms with Gasteiger partial charge >= 0.3 is 0 Å². The minimum Gasteiger partial charge on any atom is -0.382 e. The fourth-order valence-electron chi connectivity index (χ4n) is 0.204. The molecule has 0 radical (unpaired) electrons. The first-order valence-corrected chi connectivity index (χ1v) is 4.41. The van der Waals surface area contributed by atoms with Gasteiger partial charge in [0.1, 0.15) is 0 Å². The van der Waals surface area contributed by atoms with Crippen molar-refractivity contribution in [3.05, 3.63) is 0 Å². The molecule has 0 aromatic heterocycles. The Balaban J connectivity index is -0.0000000209. The average molecular weight is 180 g/mol. The zero-order valence-corrected chi connectivity index (χ0v) is 8.53. The Morgan fingerprint density at radius 2 is 0.917 bits per heavy atom. The summed E-state index contributed by atoms with van der Waals surface area (Å²) in [4.78, 5) is 0. The van der Waals surface area contributed by atoms with E-state index >= 15 is 0 Å². The third-order valence-corrected chi connectivity index (χ3v) is 0.408. The van der Waals surface area contributed by atoms with Crippen LogP contribution in [0.4, 0.5) is 0 Å². The predicted octanol–water partition coefficient (Wildman–Crippen LogP) is 4.76. The maximum atomic E-state index is 4.83. The average Bonchev–Trinajstić information content (AvgIpc) is 1.96. The van der Waals surface area contributed by atoms with Crippen LogP contribution in [0, 0.1) is 0 Å². The molecule has 0 fully saturated rings. The van der Waals surface area contributed by atoms with E-state index in [0.29, 0.717) is 0 Å². The number of ether oxygens (including phenoxy) is 1. The van der Waals surface area contributed by atoms with Gasteiger partial charge in [-0.1, -0.05) is 49.0 Å². The summed E-state index contributed by atoms with van der Waals surface area (Å²) in [7, 11) is 0. The van der Waals surface area contributed by atoms with Gasteiger partial charge in [-0.05, 0) is 13.8 Å². The molecule has 12 heavy (non-hydrogen) atoms. The van der Waals surface area contributed by atoms with Gasteiger partial charge < -0.3 is 4.74 Å². The molecule has 0 rings (SSSR count). The first-order valence-electron chi connectivity index (χ1n) is 4.41. The van der Waals surface area contributed by atoms with Crippen LogP contribution in [0.5, 0.6) is 0 Å². The summed E-state index contributed by atoms with van der Waals surface area (Å²) in [5.74, 6) is 0. The molecule has 0 saturated heterocycles. The van der Waals surface area contributed by atoms with Crippen LogP contribution in [-0.4, -0.2) is 13.2 Å². The second-order valence-corrected chi connectivity index (χ2v) is 1.49. The molecular formula is C11H32O. The monoisotopic (exact) mass is 180 g/mol. The van der Waals surface area contributed by atoms with Crippen molar-refractivity contribution in [3.63, 3.8) is 0 Å². The first kappa shape index (κ1) is 29.7. The lowest BCUT2D eigenvalue weighted by molar-refractivity contribution is 0.162. The van der Waals surface area contributed by atoms with Gasteiger partial charge in [0.2, 0.25) is 0 Å². The van der Waals surface area contributed by atoms with E-state index in [1.54, 1.807) is 0 Å². The molecule has 0 unspecified atom stereocenters. The Kier molecular flexibility index (Phi) is 171. The van der Waals surface area contributed by atoms with Crippen LogP contribution in [0.1, 0.15) is 62.8 Å². The fourth-order valence-corrected chi connectivity index (χ4v) is 0.204. The summed E-state index contributed by atoms with van der Waals surface area (Å²) in [5, 5.41) is 0. The summed E-state index contributed by atoms with van der Waals surface area (Å²) in [6.45, 7) is 13.9. The van der Waals surface area contributed by atoms with E-state index in [-0.39, 0.29) is 14.9 Å². The van der Waals surface area contributed by atoms with Gasteiger partial charge in [-0.2, -0.15) is 0 Å². The molecule has 0 N–H and O–H groups in total. The van der Waals surface area contributed by atoms with Gasteiger partial charge in [0, 0.05) is 13.2 Å². The summed E-state index contributed by atoms with van der Waals surface area (Å²) in [5.41, 5.74) is 0. The zero-order chi connectivity index (χ0) is 8.83. The van der Waals surface area contributed by atoms with Crippen LogP contribution in [0.2, 0.25) is 0 Å². The maximum absolute atomic E-state index is 4.83. The lowest BCUT2D eigenvalue weighted by Gasteiger charge is -1.86. The standard InChI is InChI=1S/C4H10O.C3H8.C2H6.2CH4/c1-3-5-4-2;1-3-2;1-2;;/h3-4H2,1-2H3;3H2,1-2H3;1-2H3;2*1H4. The van der Waals surface area contributed by atoms with Crippen molar-refractivity contribution in [2.75, 3.05) is 13.2 Å². The number of rotatable bonds is 2. The lowest BCUT2D eigenvalue weighted by Crippen LogP contribution is -1.84. The molecule has 82 valence electrons. The van der Waals surface area contributed by atoms with Crippen LogP contribution < -0.4 is 0 Å². The molecule has 1 heteroatoms. The number of hydrogen-bond acceptors (Lipinski definition) is 1. The summed E-state index contributed by atoms with van der Waals surface area (Å²) >= 11 is 0. The highest BCUT2D eigenvalue weighted by Gasteiger charge is 1.64. The third kappa shape index (κ3) is 208. The minimum atomic E-state index is 0. The van der Waals surface area contributed by atoms with E-state index in [1.807, 2.05) is 27.7 Å². The van der Waals surface area contributed by atoms with Crippen molar-refractivity contribution < 1.29 is 4.74 Å². The molecule has 0 amide bonds. The maximum Gasteiger partial charge on any atom is 0.0437 e. The highest BCUT2D eigenvalue weighted by molar-refractivity contribution is 4.07. The topological polar surface area (TPSA) is 9.23 Å². The third-order valence-electron chi connectivity index (χ3n) is 0.408. The highest BCUT2D eigenvalue weighted by atomic mass is 16.5. The fraction of sp³-hybridized carbons (Fsp3) is 1.00. The SMILES string of the molecule is C.C.CC.CCC.CCOCC. The van der Waals surface area contributed by atoms with E-state index in [1.165, 1.54) is 6.42 Å². The molecule has 0 saturated carbocycles. The van der Waals surface area contributed by atoms with E-state index in [4.69, 9.17) is 4.74 Å². The molecule has 0 aromatic rings. The zero-order valence-electron chi connectivity index (χ0n) is 8.53. The van der Waals surface area contributed by atoms with Crippen molar-refractivity contribution in [3.8, 4) is 0 Å². The first-order chi connectivity index (χ1) is 4.83. The van der Waals surface area contributed by atoms with Gasteiger partial charge in [0.25, 0.3) is 0 Å². The molecule has 0 aliphatic heterocycles. The largest absolute Gasteiger partial charge is 0.382 e. The molecule has 0 atom stereocenters. The minimum absolute atomic E-state index is 0. The van der Waals surface area contributed by atoms with Crippen molar-refractivity contribution in [2.45, 2.75) is 62.8 Å². The smallest absolute Gasteiger partial charge is 0.0437 e. The van der Waals surface area contributed by atoms with E-state index < -0.39 is 0 Å². The quantitative estimate of drug-likeness (QED) is 0.595. The number of hydrogen-bond donors (Lipinski definition) is 0. The van der Waals surface area contributed by atoms with Crippen molar-refractivity contribution in [2.24, 2.45) is 0 Å². The van der Waals surface area contributed by atoms with Gasteiger partial charge in [-0.25, -0.2) is 0 Å². The van der Waals surface area contributed by atoms with Crippen molar-refractivity contribution in [1.29, 1.82) is 0 Å². The van der Waals surface area contributed by atoms with Crippen molar-refractivity contribution >= 4 is 0 Å². The second kappa shape index (κ2) is 69.3. The molecule has 0 aromatic carbocycles. The van der Waals surface area contributed by atoms with Crippen LogP contribution in [0.25, 0.3) is 0 Å². The lowest BCUT2D eigenvalue weighted by atomic mass is 10.6. The molecule has 0 aliphatic carbocycles. The van der Waals surface area contributed by atoms with Gasteiger partial charge in [0.15, 0.2) is 0 Å². The Bertz CT molecular complexity index is 19.0. The van der Waals surface area contributed by atoms with Crippen molar-refractivity contribution in [1.82, 2.24) is 0 Å². The Labute approximate surface area is 81.5 Å². The summed E-state index contributed by atoms with van der Waals surface area (Å²) < 4.78 is 4.83. The van der Waals surface area contributed by atoms with E-state index in [2.05, 4.69) is 13.8 Å². The Morgan fingerprint density at radius 3 is 0.917 bits per heavy atom. The predicted molar refractivity (Wildman–Crippen MR) is 62.9 cm³/mol. The summed E-state index contributed by atoms with van der Waals surface area (Å²) in [6.07, 6.45) is 1.25. The molecule has 0 spiro atoms. The van der Waals surface area contributed by atoms with Gasteiger partial charge in [-0.3, -0.25) is 0 Å². The molecular weight excluding hydrogens is 148 g/mol. The highest BCUT2D eigenvalue weighted by Crippen LogP contribution is 1.64. The van der Waals surface area contributed by atoms with Gasteiger partial charge in [0.05, 0.1) is 0 Å². The molecule has 0 heterocycles. The van der Waals surface area contributed by atoms with Gasteiger partial charge in [-0.15, -0.1) is 0 Å². The van der Waals surface area contributed by atoms with E-state index in [9.17, 15) is 0 Å². The van der Waals surface area contributed by atoms with Crippen LogP contribution in [0.15, 0.2) is 0 Å². The van der Waals surface area contributed by atoms with E-state index in [0.717, 1.165) is 13.2 Å². The van der Waals surface area contributed by atoms with Crippen LogP contribution >= 0.6 is 0 Å². The Morgan fingerprint density at radius 1 is 0.750 bits per heavy atom. The second-order valence-electron chi connectivity index (χ2n) is 1.49. The van der Waals surface area contributed by atoms with Crippen LogP contribution in [-0.2, 0) is 4.74 Å². The molecule has 0 aliphatic rings. The normalized spacial score (nSPS) is 5.50. The van der Waals surface area contributed by atoms with Crippen LogP contribution in [0.3, 0.4) is 0 Å². The molecule has 0 bridgehead atoms. The summed E-state index contributed by atoms with van der Waals surface area (Å²) in [6, 6.07) is 0.